The summed E-state index contributed by atoms with van der Waals surface area (Å²) in [6, 6.07) is 7.08. The van der Waals surface area contributed by atoms with Crippen molar-refractivity contribution in [2.45, 2.75) is 6.42 Å². The number of hydrogen-bond acceptors (Lipinski definition) is 2. The average molecular weight is 274 g/mol. The third kappa shape index (κ3) is 4.67. The third-order valence-electron chi connectivity index (χ3n) is 1.64. The molecular formula is C10H9Cl2N3S. The van der Waals surface area contributed by atoms with Gasteiger partial charge in [-0.1, -0.05) is 23.2 Å². The van der Waals surface area contributed by atoms with Crippen molar-refractivity contribution < 1.29 is 0 Å². The Balaban J connectivity index is 2.53. The number of nitriles is 1. The number of hydrogen-bond donors (Lipinski definition) is 2. The lowest BCUT2D eigenvalue weighted by Gasteiger charge is -2.09. The van der Waals surface area contributed by atoms with Crippen LogP contribution in [0.3, 0.4) is 0 Å². The minimum absolute atomic E-state index is 0.401. The van der Waals surface area contributed by atoms with Crippen molar-refractivity contribution in [3.05, 3.63) is 28.2 Å². The Labute approximate surface area is 109 Å². The molecule has 1 aromatic rings. The summed E-state index contributed by atoms with van der Waals surface area (Å²) >= 11 is 16.7. The van der Waals surface area contributed by atoms with Gasteiger partial charge in [0.2, 0.25) is 0 Å². The summed E-state index contributed by atoms with van der Waals surface area (Å²) in [6.45, 7) is 0.511. The van der Waals surface area contributed by atoms with Crippen molar-refractivity contribution in [2.24, 2.45) is 0 Å². The normalized spacial score (nSPS) is 9.31. The average Bonchev–Trinajstić information content (AvgIpc) is 2.16. The second-order valence-corrected chi connectivity index (χ2v) is 4.23. The maximum absolute atomic E-state index is 8.35. The van der Waals surface area contributed by atoms with E-state index in [0.29, 0.717) is 33.8 Å². The Hall–Kier alpha value is -1.02. The Bertz CT molecular complexity index is 408. The second kappa shape index (κ2) is 6.54. The zero-order chi connectivity index (χ0) is 12.0. The highest BCUT2D eigenvalue weighted by molar-refractivity contribution is 7.80. The molecule has 2 N–H and O–H groups in total. The van der Waals surface area contributed by atoms with E-state index in [9.17, 15) is 0 Å². The summed E-state index contributed by atoms with van der Waals surface area (Å²) in [5, 5.41) is 15.7. The highest BCUT2D eigenvalue weighted by Gasteiger charge is 2.00. The zero-order valence-corrected chi connectivity index (χ0v) is 10.6. The van der Waals surface area contributed by atoms with Crippen molar-refractivity contribution in [3.8, 4) is 6.07 Å². The molecule has 6 heteroatoms. The maximum Gasteiger partial charge on any atom is 0.170 e. The number of rotatable bonds is 3. The minimum atomic E-state index is 0.401. The molecule has 1 rings (SSSR count). The van der Waals surface area contributed by atoms with E-state index >= 15 is 0 Å². The maximum atomic E-state index is 8.35. The molecule has 0 saturated carbocycles. The number of halogens is 2. The molecule has 0 spiro atoms. The van der Waals surface area contributed by atoms with Crippen LogP contribution in [0.2, 0.25) is 10.0 Å². The lowest BCUT2D eigenvalue weighted by atomic mass is 10.3. The first-order chi connectivity index (χ1) is 7.61. The number of benzene rings is 1. The topological polar surface area (TPSA) is 47.9 Å². The van der Waals surface area contributed by atoms with Crippen LogP contribution in [-0.2, 0) is 0 Å². The largest absolute Gasteiger partial charge is 0.361 e. The zero-order valence-electron chi connectivity index (χ0n) is 8.26. The first kappa shape index (κ1) is 13.0. The van der Waals surface area contributed by atoms with Crippen molar-refractivity contribution in [1.29, 1.82) is 5.26 Å². The van der Waals surface area contributed by atoms with Gasteiger partial charge in [0, 0.05) is 22.3 Å². The molecule has 0 unspecified atom stereocenters. The molecule has 0 atom stereocenters. The van der Waals surface area contributed by atoms with E-state index in [0.717, 1.165) is 0 Å². The minimum Gasteiger partial charge on any atom is -0.361 e. The van der Waals surface area contributed by atoms with Crippen LogP contribution >= 0.6 is 35.4 Å². The van der Waals surface area contributed by atoms with Crippen LogP contribution in [0.15, 0.2) is 18.2 Å². The Kier molecular flexibility index (Phi) is 5.33. The second-order valence-electron chi connectivity index (χ2n) is 2.95. The van der Waals surface area contributed by atoms with Crippen molar-refractivity contribution >= 4 is 46.2 Å². The van der Waals surface area contributed by atoms with Gasteiger partial charge in [0.1, 0.15) is 0 Å². The van der Waals surface area contributed by atoms with Crippen LogP contribution in [0.1, 0.15) is 6.42 Å². The van der Waals surface area contributed by atoms with Crippen LogP contribution in [0.4, 0.5) is 5.69 Å². The monoisotopic (exact) mass is 273 g/mol. The molecule has 0 fully saturated rings. The number of nitrogens with one attached hydrogen (secondary N) is 2. The van der Waals surface area contributed by atoms with E-state index in [-0.39, 0.29) is 0 Å². The van der Waals surface area contributed by atoms with Gasteiger partial charge >= 0.3 is 0 Å². The third-order valence-corrected chi connectivity index (χ3v) is 2.33. The molecule has 0 aliphatic rings. The molecule has 0 aliphatic carbocycles. The lowest BCUT2D eigenvalue weighted by Crippen LogP contribution is -2.29. The van der Waals surface area contributed by atoms with E-state index in [2.05, 4.69) is 10.6 Å². The standard InChI is InChI=1S/C10H9Cl2N3S/c11-7-4-8(12)6-9(5-7)15-10(16)14-3-1-2-13/h4-6H,1,3H2,(H2,14,15,16). The molecule has 0 saturated heterocycles. The van der Waals surface area contributed by atoms with Crippen LogP contribution in [-0.4, -0.2) is 11.7 Å². The highest BCUT2D eigenvalue weighted by atomic mass is 35.5. The summed E-state index contributed by atoms with van der Waals surface area (Å²) in [5.41, 5.74) is 0.715. The van der Waals surface area contributed by atoms with E-state index in [1.54, 1.807) is 18.2 Å². The van der Waals surface area contributed by atoms with Crippen molar-refractivity contribution in [1.82, 2.24) is 5.32 Å². The summed E-state index contributed by atoms with van der Waals surface area (Å²) in [5.74, 6) is 0. The van der Waals surface area contributed by atoms with Gasteiger partial charge in [0.25, 0.3) is 0 Å². The molecule has 3 nitrogen and oxygen atoms in total. The highest BCUT2D eigenvalue weighted by Crippen LogP contribution is 2.22. The fraction of sp³-hybridized carbons (Fsp3) is 0.200. The smallest absolute Gasteiger partial charge is 0.170 e. The Morgan fingerprint density at radius 3 is 2.50 bits per heavy atom. The fourth-order valence-electron chi connectivity index (χ4n) is 1.03. The molecule has 84 valence electrons. The number of thiocarbonyl (C=S) groups is 1. The molecule has 16 heavy (non-hydrogen) atoms. The molecule has 0 bridgehead atoms. The number of nitrogens with zero attached hydrogens (tertiary/aromatic N) is 1. The van der Waals surface area contributed by atoms with Crippen LogP contribution < -0.4 is 10.6 Å². The molecule has 0 heterocycles. The van der Waals surface area contributed by atoms with E-state index in [1.807, 2.05) is 6.07 Å². The van der Waals surface area contributed by atoms with Gasteiger partial charge < -0.3 is 10.6 Å². The van der Waals surface area contributed by atoms with Gasteiger partial charge in [-0.15, -0.1) is 0 Å². The Morgan fingerprint density at radius 1 is 1.31 bits per heavy atom. The summed E-state index contributed by atoms with van der Waals surface area (Å²) in [6.07, 6.45) is 0.401. The predicted octanol–water partition coefficient (Wildman–Crippen LogP) is 3.19. The van der Waals surface area contributed by atoms with Crippen molar-refractivity contribution in [2.75, 3.05) is 11.9 Å². The van der Waals surface area contributed by atoms with E-state index in [4.69, 9.17) is 40.7 Å². The Morgan fingerprint density at radius 2 is 1.94 bits per heavy atom. The van der Waals surface area contributed by atoms with Gasteiger partial charge in [-0.3, -0.25) is 0 Å². The first-order valence-corrected chi connectivity index (χ1v) is 5.66. The molecule has 0 aliphatic heterocycles. The van der Waals surface area contributed by atoms with Gasteiger partial charge in [-0.2, -0.15) is 5.26 Å². The van der Waals surface area contributed by atoms with Crippen LogP contribution in [0.25, 0.3) is 0 Å². The van der Waals surface area contributed by atoms with Gasteiger partial charge in [0.05, 0.1) is 12.5 Å². The van der Waals surface area contributed by atoms with Crippen molar-refractivity contribution in [3.63, 3.8) is 0 Å². The quantitative estimate of drug-likeness (QED) is 0.656. The molecule has 1 aromatic carbocycles. The molecule has 0 aromatic heterocycles. The number of anilines is 1. The van der Waals surface area contributed by atoms with E-state index in [1.165, 1.54) is 0 Å². The van der Waals surface area contributed by atoms with Gasteiger partial charge in [-0.05, 0) is 30.4 Å². The van der Waals surface area contributed by atoms with Crippen LogP contribution in [0.5, 0.6) is 0 Å². The first-order valence-electron chi connectivity index (χ1n) is 4.49. The molecular weight excluding hydrogens is 265 g/mol. The van der Waals surface area contributed by atoms with E-state index < -0.39 is 0 Å². The summed E-state index contributed by atoms with van der Waals surface area (Å²) in [7, 11) is 0. The summed E-state index contributed by atoms with van der Waals surface area (Å²) in [4.78, 5) is 0. The predicted molar refractivity (Wildman–Crippen MR) is 70.9 cm³/mol. The SMILES string of the molecule is N#CCCNC(=S)Nc1cc(Cl)cc(Cl)c1. The van der Waals surface area contributed by atoms with Gasteiger partial charge in [0.15, 0.2) is 5.11 Å². The molecule has 0 radical (unpaired) electrons. The lowest BCUT2D eigenvalue weighted by molar-refractivity contribution is 0.905. The summed E-state index contributed by atoms with van der Waals surface area (Å²) < 4.78 is 0. The van der Waals surface area contributed by atoms with Gasteiger partial charge in [-0.25, -0.2) is 0 Å². The van der Waals surface area contributed by atoms with Crippen LogP contribution in [0, 0.1) is 11.3 Å². The molecule has 0 amide bonds. The fourth-order valence-corrected chi connectivity index (χ4v) is 1.78.